The minimum absolute atomic E-state index is 0.313. The third kappa shape index (κ3) is 5.24. The number of ketones is 1. The van der Waals surface area contributed by atoms with Crippen LogP contribution in [0.3, 0.4) is 0 Å². The fourth-order valence-electron chi connectivity index (χ4n) is 4.00. The number of hydrogen-bond donors (Lipinski definition) is 1. The summed E-state index contributed by atoms with van der Waals surface area (Å²) in [5.74, 6) is -4.83. The summed E-state index contributed by atoms with van der Waals surface area (Å²) < 4.78 is 10.7. The van der Waals surface area contributed by atoms with Crippen molar-refractivity contribution in [1.82, 2.24) is 0 Å². The summed E-state index contributed by atoms with van der Waals surface area (Å²) in [4.78, 5) is 38.7. The highest BCUT2D eigenvalue weighted by Gasteiger charge is 2.57. The smallest absolute Gasteiger partial charge is 0.317 e. The van der Waals surface area contributed by atoms with E-state index in [2.05, 4.69) is 0 Å². The Morgan fingerprint density at radius 2 is 1.59 bits per heavy atom. The quantitative estimate of drug-likeness (QED) is 0.578. The highest BCUT2D eigenvalue weighted by atomic mass is 16.5. The fourth-order valence-corrected chi connectivity index (χ4v) is 4.00. The summed E-state index contributed by atoms with van der Waals surface area (Å²) in [5.41, 5.74) is 0.0865. The molecule has 1 N–H and O–H groups in total. The van der Waals surface area contributed by atoms with Crippen LogP contribution in [-0.4, -0.2) is 40.6 Å². The molecule has 1 aromatic rings. The molecular weight excluding hydrogens is 372 g/mol. The van der Waals surface area contributed by atoms with Gasteiger partial charge in [0.05, 0.1) is 23.7 Å². The van der Waals surface area contributed by atoms with Crippen LogP contribution < -0.4 is 0 Å². The van der Waals surface area contributed by atoms with Crippen molar-refractivity contribution in [1.29, 1.82) is 0 Å². The second-order valence-corrected chi connectivity index (χ2v) is 8.55. The number of benzene rings is 1. The molecule has 0 bridgehead atoms. The van der Waals surface area contributed by atoms with E-state index in [-0.39, 0.29) is 12.5 Å². The van der Waals surface area contributed by atoms with Gasteiger partial charge in [-0.05, 0) is 52.2 Å². The number of hydrogen-bond acceptors (Lipinski definition) is 6. The SMILES string of the molecule is CCc1ccc([C@@H]2[C@H](C(=O)OC(C)C)C(=O)C[C@@](C)(O)[C@H]2C(=O)OC(C)C)cc1. The summed E-state index contributed by atoms with van der Waals surface area (Å²) in [5, 5.41) is 11.0. The Morgan fingerprint density at radius 3 is 2.07 bits per heavy atom. The zero-order chi connectivity index (χ0) is 21.9. The summed E-state index contributed by atoms with van der Waals surface area (Å²) in [7, 11) is 0. The molecule has 4 atom stereocenters. The first-order valence-electron chi connectivity index (χ1n) is 10.2. The number of esters is 2. The highest BCUT2D eigenvalue weighted by molar-refractivity contribution is 6.02. The predicted molar refractivity (Wildman–Crippen MR) is 108 cm³/mol. The van der Waals surface area contributed by atoms with E-state index < -0.39 is 47.2 Å². The molecule has 1 fully saturated rings. The molecule has 2 rings (SSSR count). The van der Waals surface area contributed by atoms with Crippen LogP contribution in [0.1, 0.15) is 65.0 Å². The van der Waals surface area contributed by atoms with Crippen LogP contribution in [0.15, 0.2) is 24.3 Å². The largest absolute Gasteiger partial charge is 0.463 e. The van der Waals surface area contributed by atoms with Crippen LogP contribution in [-0.2, 0) is 30.3 Å². The summed E-state index contributed by atoms with van der Waals surface area (Å²) in [6.07, 6.45) is -0.270. The third-order valence-electron chi connectivity index (χ3n) is 5.25. The second-order valence-electron chi connectivity index (χ2n) is 8.55. The molecule has 0 aliphatic heterocycles. The Morgan fingerprint density at radius 1 is 1.07 bits per heavy atom. The average molecular weight is 405 g/mol. The predicted octanol–water partition coefficient (Wildman–Crippen LogP) is 3.19. The van der Waals surface area contributed by atoms with Gasteiger partial charge in [0.1, 0.15) is 5.92 Å². The fraction of sp³-hybridized carbons (Fsp3) is 0.609. The van der Waals surface area contributed by atoms with E-state index in [1.165, 1.54) is 6.92 Å². The molecule has 1 aromatic carbocycles. The van der Waals surface area contributed by atoms with Gasteiger partial charge in [0, 0.05) is 12.3 Å². The van der Waals surface area contributed by atoms with Crippen LogP contribution in [0.2, 0.25) is 0 Å². The molecular formula is C23H32O6. The molecule has 1 aliphatic carbocycles. The van der Waals surface area contributed by atoms with E-state index in [0.29, 0.717) is 5.56 Å². The topological polar surface area (TPSA) is 89.9 Å². The standard InChI is InChI=1S/C23H32O6/c1-7-15-8-10-16(11-9-15)18-19(21(25)28-13(2)3)17(24)12-23(6,27)20(18)22(26)29-14(4)5/h8-11,13-14,18-20,27H,7,12H2,1-6H3/t18-,19-,20-,23-/m1/s1. The van der Waals surface area contributed by atoms with Crippen LogP contribution in [0, 0.1) is 11.8 Å². The molecule has 6 heteroatoms. The minimum Gasteiger partial charge on any atom is -0.463 e. The number of carbonyl (C=O) groups excluding carboxylic acids is 3. The van der Waals surface area contributed by atoms with Crippen molar-refractivity contribution >= 4 is 17.7 Å². The summed E-state index contributed by atoms with van der Waals surface area (Å²) in [6, 6.07) is 7.42. The number of rotatable bonds is 6. The lowest BCUT2D eigenvalue weighted by molar-refractivity contribution is -0.176. The van der Waals surface area contributed by atoms with Crippen molar-refractivity contribution < 1.29 is 29.0 Å². The van der Waals surface area contributed by atoms with Crippen LogP contribution in [0.25, 0.3) is 0 Å². The molecule has 1 aliphatic rings. The zero-order valence-electron chi connectivity index (χ0n) is 18.1. The van der Waals surface area contributed by atoms with Gasteiger partial charge in [-0.25, -0.2) is 0 Å². The van der Waals surface area contributed by atoms with Gasteiger partial charge in [-0.1, -0.05) is 31.2 Å². The van der Waals surface area contributed by atoms with Gasteiger partial charge < -0.3 is 14.6 Å². The Labute approximate surface area is 172 Å². The van der Waals surface area contributed by atoms with E-state index in [9.17, 15) is 19.5 Å². The summed E-state index contributed by atoms with van der Waals surface area (Å²) >= 11 is 0. The van der Waals surface area contributed by atoms with Gasteiger partial charge in [-0.15, -0.1) is 0 Å². The van der Waals surface area contributed by atoms with Gasteiger partial charge in [-0.3, -0.25) is 14.4 Å². The number of aliphatic hydroxyl groups is 1. The number of Topliss-reactive ketones (excluding diaryl/α,β-unsaturated/α-hetero) is 1. The molecule has 0 aromatic heterocycles. The van der Waals surface area contributed by atoms with Gasteiger partial charge in [0.15, 0.2) is 5.78 Å². The van der Waals surface area contributed by atoms with E-state index in [4.69, 9.17) is 9.47 Å². The van der Waals surface area contributed by atoms with Crippen LogP contribution >= 0.6 is 0 Å². The Kier molecular flexibility index (Phi) is 7.22. The van der Waals surface area contributed by atoms with Crippen molar-refractivity contribution in [2.45, 2.75) is 78.1 Å². The third-order valence-corrected chi connectivity index (χ3v) is 5.25. The maximum atomic E-state index is 13.0. The maximum Gasteiger partial charge on any atom is 0.317 e. The van der Waals surface area contributed by atoms with Crippen molar-refractivity contribution in [3.05, 3.63) is 35.4 Å². The number of aryl methyl sites for hydroxylation is 1. The Hall–Kier alpha value is -2.21. The van der Waals surface area contributed by atoms with Gasteiger partial charge >= 0.3 is 11.9 Å². The molecule has 6 nitrogen and oxygen atoms in total. The van der Waals surface area contributed by atoms with Crippen molar-refractivity contribution in [2.24, 2.45) is 11.8 Å². The van der Waals surface area contributed by atoms with E-state index in [1.54, 1.807) is 27.7 Å². The first kappa shape index (κ1) is 23.1. The molecule has 160 valence electrons. The zero-order valence-corrected chi connectivity index (χ0v) is 18.1. The minimum atomic E-state index is -1.63. The molecule has 0 amide bonds. The van der Waals surface area contributed by atoms with E-state index in [0.717, 1.165) is 12.0 Å². The molecule has 0 saturated heterocycles. The lowest BCUT2D eigenvalue weighted by Crippen LogP contribution is -2.55. The van der Waals surface area contributed by atoms with E-state index >= 15 is 0 Å². The Bertz CT molecular complexity index is 739. The van der Waals surface area contributed by atoms with E-state index in [1.807, 2.05) is 31.2 Å². The molecule has 1 saturated carbocycles. The molecule has 0 spiro atoms. The van der Waals surface area contributed by atoms with Gasteiger partial charge in [-0.2, -0.15) is 0 Å². The summed E-state index contributed by atoms with van der Waals surface area (Å²) in [6.45, 7) is 10.3. The number of carbonyl (C=O) groups is 3. The Balaban J connectivity index is 2.60. The monoisotopic (exact) mass is 404 g/mol. The van der Waals surface area contributed by atoms with Crippen molar-refractivity contribution in [3.8, 4) is 0 Å². The molecule has 0 unspecified atom stereocenters. The van der Waals surface area contributed by atoms with Gasteiger partial charge in [0.2, 0.25) is 0 Å². The first-order valence-corrected chi connectivity index (χ1v) is 10.2. The molecule has 0 radical (unpaired) electrons. The second kappa shape index (κ2) is 9.08. The first-order chi connectivity index (χ1) is 13.5. The molecule has 0 heterocycles. The lowest BCUT2D eigenvalue weighted by atomic mass is 9.61. The normalized spacial score (nSPS) is 27.2. The van der Waals surface area contributed by atoms with Crippen LogP contribution in [0.4, 0.5) is 0 Å². The maximum absolute atomic E-state index is 13.0. The van der Waals surface area contributed by atoms with Gasteiger partial charge in [0.25, 0.3) is 0 Å². The highest BCUT2D eigenvalue weighted by Crippen LogP contribution is 2.47. The molecule has 29 heavy (non-hydrogen) atoms. The van der Waals surface area contributed by atoms with Crippen molar-refractivity contribution in [3.63, 3.8) is 0 Å². The van der Waals surface area contributed by atoms with Crippen LogP contribution in [0.5, 0.6) is 0 Å². The number of ether oxygens (including phenoxy) is 2. The van der Waals surface area contributed by atoms with Crippen molar-refractivity contribution in [2.75, 3.05) is 0 Å². The average Bonchev–Trinajstić information content (AvgIpc) is 2.58. The lowest BCUT2D eigenvalue weighted by Gasteiger charge is -2.44.